The van der Waals surface area contributed by atoms with Crippen LogP contribution in [-0.2, 0) is 11.2 Å². The Morgan fingerprint density at radius 1 is 1.42 bits per heavy atom. The molecule has 0 radical (unpaired) electrons. The van der Waals surface area contributed by atoms with Crippen LogP contribution >= 0.6 is 22.9 Å². The summed E-state index contributed by atoms with van der Waals surface area (Å²) in [6.07, 6.45) is 2.47. The first-order chi connectivity index (χ1) is 9.24. The first-order valence-electron chi connectivity index (χ1n) is 5.88. The molecule has 0 fully saturated rings. The second kappa shape index (κ2) is 7.11. The van der Waals surface area contributed by atoms with E-state index in [0.717, 1.165) is 17.1 Å². The summed E-state index contributed by atoms with van der Waals surface area (Å²) in [6.45, 7) is 0.835. The standard InChI is InChI=1S/C13H14ClN3OS/c14-11-3-1-2-10(8-11)4-5-15-12(18)9-17-13-16-6-7-19-13/h1-3,6-8H,4-5,9H2,(H,15,18)(H,16,17). The first kappa shape index (κ1) is 13.8. The largest absolute Gasteiger partial charge is 0.354 e. The van der Waals surface area contributed by atoms with E-state index in [2.05, 4.69) is 15.6 Å². The molecule has 2 rings (SSSR count). The molecule has 1 aromatic heterocycles. The molecule has 100 valence electrons. The molecule has 4 nitrogen and oxygen atoms in total. The molecular weight excluding hydrogens is 282 g/mol. The van der Waals surface area contributed by atoms with Crippen LogP contribution in [0.5, 0.6) is 0 Å². The molecule has 2 N–H and O–H groups in total. The Balaban J connectivity index is 1.66. The summed E-state index contributed by atoms with van der Waals surface area (Å²) in [6, 6.07) is 7.64. The average Bonchev–Trinajstić information content (AvgIpc) is 2.89. The molecule has 0 aliphatic carbocycles. The highest BCUT2D eigenvalue weighted by Gasteiger charge is 2.02. The highest BCUT2D eigenvalue weighted by atomic mass is 35.5. The lowest BCUT2D eigenvalue weighted by molar-refractivity contribution is -0.119. The van der Waals surface area contributed by atoms with Crippen molar-refractivity contribution in [2.24, 2.45) is 0 Å². The van der Waals surface area contributed by atoms with Gasteiger partial charge in [-0.2, -0.15) is 0 Å². The fraction of sp³-hybridized carbons (Fsp3) is 0.231. The number of thiazole rings is 1. The van der Waals surface area contributed by atoms with Crippen LogP contribution in [-0.4, -0.2) is 24.0 Å². The smallest absolute Gasteiger partial charge is 0.239 e. The van der Waals surface area contributed by atoms with Gasteiger partial charge in [-0.15, -0.1) is 11.3 Å². The van der Waals surface area contributed by atoms with E-state index in [1.165, 1.54) is 11.3 Å². The van der Waals surface area contributed by atoms with Gasteiger partial charge in [0.1, 0.15) is 0 Å². The predicted molar refractivity (Wildman–Crippen MR) is 78.8 cm³/mol. The molecule has 19 heavy (non-hydrogen) atoms. The predicted octanol–water partition coefficient (Wildman–Crippen LogP) is 2.57. The van der Waals surface area contributed by atoms with Crippen molar-refractivity contribution >= 4 is 34.0 Å². The second-order valence-electron chi connectivity index (χ2n) is 3.92. The number of aromatic nitrogens is 1. The molecule has 1 heterocycles. The van der Waals surface area contributed by atoms with Crippen molar-refractivity contribution in [3.63, 3.8) is 0 Å². The van der Waals surface area contributed by atoms with Crippen molar-refractivity contribution in [1.82, 2.24) is 10.3 Å². The molecule has 0 saturated carbocycles. The van der Waals surface area contributed by atoms with Crippen LogP contribution in [0, 0.1) is 0 Å². The Morgan fingerprint density at radius 2 is 2.32 bits per heavy atom. The number of rotatable bonds is 6. The number of nitrogens with zero attached hydrogens (tertiary/aromatic N) is 1. The lowest BCUT2D eigenvalue weighted by atomic mass is 10.1. The third kappa shape index (κ3) is 4.89. The van der Waals surface area contributed by atoms with Crippen molar-refractivity contribution in [2.45, 2.75) is 6.42 Å². The Hall–Kier alpha value is -1.59. The SMILES string of the molecule is O=C(CNc1nccs1)NCCc1cccc(Cl)c1. The Bertz CT molecular complexity index is 530. The fourth-order valence-corrected chi connectivity index (χ4v) is 2.31. The van der Waals surface area contributed by atoms with Gasteiger partial charge in [0.25, 0.3) is 0 Å². The van der Waals surface area contributed by atoms with Gasteiger partial charge in [-0.3, -0.25) is 4.79 Å². The van der Waals surface area contributed by atoms with Gasteiger partial charge < -0.3 is 10.6 Å². The molecule has 6 heteroatoms. The molecular formula is C13H14ClN3OS. The van der Waals surface area contributed by atoms with E-state index in [1.807, 2.05) is 29.6 Å². The van der Waals surface area contributed by atoms with E-state index in [4.69, 9.17) is 11.6 Å². The van der Waals surface area contributed by atoms with Crippen LogP contribution in [0.1, 0.15) is 5.56 Å². The minimum absolute atomic E-state index is 0.0442. The average molecular weight is 296 g/mol. The van der Waals surface area contributed by atoms with Gasteiger partial charge in [-0.25, -0.2) is 4.98 Å². The number of amides is 1. The summed E-state index contributed by atoms with van der Waals surface area (Å²) in [7, 11) is 0. The van der Waals surface area contributed by atoms with E-state index < -0.39 is 0 Å². The maximum absolute atomic E-state index is 11.6. The van der Waals surface area contributed by atoms with Crippen LogP contribution in [0.25, 0.3) is 0 Å². The Kier molecular flexibility index (Phi) is 5.18. The van der Waals surface area contributed by atoms with E-state index in [-0.39, 0.29) is 12.5 Å². The molecule has 1 aromatic carbocycles. The molecule has 0 saturated heterocycles. The van der Waals surface area contributed by atoms with Gasteiger partial charge in [-0.1, -0.05) is 23.7 Å². The van der Waals surface area contributed by atoms with E-state index >= 15 is 0 Å². The first-order valence-corrected chi connectivity index (χ1v) is 7.14. The summed E-state index contributed by atoms with van der Waals surface area (Å²) in [5.41, 5.74) is 1.11. The lowest BCUT2D eigenvalue weighted by Crippen LogP contribution is -2.31. The molecule has 0 unspecified atom stereocenters. The molecule has 2 aromatic rings. The maximum atomic E-state index is 11.6. The number of anilines is 1. The van der Waals surface area contributed by atoms with Crippen LogP contribution in [0.2, 0.25) is 5.02 Å². The normalized spacial score (nSPS) is 10.2. The summed E-state index contributed by atoms with van der Waals surface area (Å²) >= 11 is 7.36. The van der Waals surface area contributed by atoms with Crippen LogP contribution in [0.4, 0.5) is 5.13 Å². The van der Waals surface area contributed by atoms with Crippen molar-refractivity contribution in [3.05, 3.63) is 46.4 Å². The lowest BCUT2D eigenvalue weighted by Gasteiger charge is -2.06. The van der Waals surface area contributed by atoms with E-state index in [0.29, 0.717) is 11.6 Å². The zero-order valence-corrected chi connectivity index (χ0v) is 11.8. The summed E-state index contributed by atoms with van der Waals surface area (Å²) in [4.78, 5) is 15.6. The van der Waals surface area contributed by atoms with E-state index in [1.54, 1.807) is 6.20 Å². The van der Waals surface area contributed by atoms with Crippen LogP contribution in [0.15, 0.2) is 35.8 Å². The Morgan fingerprint density at radius 3 is 3.05 bits per heavy atom. The quantitative estimate of drug-likeness (QED) is 0.861. The molecule has 0 bridgehead atoms. The number of hydrogen-bond donors (Lipinski definition) is 2. The van der Waals surface area contributed by atoms with Gasteiger partial charge in [-0.05, 0) is 24.1 Å². The zero-order chi connectivity index (χ0) is 13.5. The topological polar surface area (TPSA) is 54.0 Å². The number of carbonyl (C=O) groups is 1. The van der Waals surface area contributed by atoms with Crippen molar-refractivity contribution in [1.29, 1.82) is 0 Å². The monoisotopic (exact) mass is 295 g/mol. The maximum Gasteiger partial charge on any atom is 0.239 e. The third-order valence-electron chi connectivity index (χ3n) is 2.46. The Labute approximate surface area is 120 Å². The van der Waals surface area contributed by atoms with Gasteiger partial charge in [0.2, 0.25) is 5.91 Å². The fourth-order valence-electron chi connectivity index (χ4n) is 1.57. The molecule has 0 spiro atoms. The zero-order valence-electron chi connectivity index (χ0n) is 10.2. The van der Waals surface area contributed by atoms with Crippen molar-refractivity contribution < 1.29 is 4.79 Å². The molecule has 0 atom stereocenters. The number of hydrogen-bond acceptors (Lipinski definition) is 4. The molecule has 1 amide bonds. The third-order valence-corrected chi connectivity index (χ3v) is 3.42. The van der Waals surface area contributed by atoms with E-state index in [9.17, 15) is 4.79 Å². The highest BCUT2D eigenvalue weighted by Crippen LogP contribution is 2.11. The summed E-state index contributed by atoms with van der Waals surface area (Å²) in [5, 5.41) is 9.13. The molecule has 0 aliphatic heterocycles. The van der Waals surface area contributed by atoms with Gasteiger partial charge in [0.05, 0.1) is 6.54 Å². The molecule has 0 aliphatic rings. The van der Waals surface area contributed by atoms with Crippen molar-refractivity contribution in [2.75, 3.05) is 18.4 Å². The minimum Gasteiger partial charge on any atom is -0.354 e. The van der Waals surface area contributed by atoms with Gasteiger partial charge in [0, 0.05) is 23.1 Å². The summed E-state index contributed by atoms with van der Waals surface area (Å²) < 4.78 is 0. The van der Waals surface area contributed by atoms with Crippen LogP contribution < -0.4 is 10.6 Å². The number of nitrogens with one attached hydrogen (secondary N) is 2. The van der Waals surface area contributed by atoms with Gasteiger partial charge >= 0.3 is 0 Å². The van der Waals surface area contributed by atoms with Gasteiger partial charge in [0.15, 0.2) is 5.13 Å². The highest BCUT2D eigenvalue weighted by molar-refractivity contribution is 7.13. The number of benzene rings is 1. The second-order valence-corrected chi connectivity index (χ2v) is 5.25. The summed E-state index contributed by atoms with van der Waals surface area (Å²) in [5.74, 6) is -0.0442. The minimum atomic E-state index is -0.0442. The number of halogens is 1. The number of carbonyl (C=O) groups excluding carboxylic acids is 1. The van der Waals surface area contributed by atoms with Crippen LogP contribution in [0.3, 0.4) is 0 Å². The van der Waals surface area contributed by atoms with Crippen molar-refractivity contribution in [3.8, 4) is 0 Å².